The standard InChI is InChI=1S/C20H26N2O3S2/c1-16-7-8-19(26-16)13-22(11-9-17-5-3-2-4-6-17)14-20(23)21-18-10-12-27(24,25)15-18/h2-8,18H,9-15H2,1H3,(H,21,23)/t18-/m0/s1. The number of carbonyl (C=O) groups is 1. The van der Waals surface area contributed by atoms with Crippen LogP contribution in [0.2, 0.25) is 0 Å². The first-order valence-electron chi connectivity index (χ1n) is 9.21. The molecule has 1 fully saturated rings. The predicted octanol–water partition coefficient (Wildman–Crippen LogP) is 2.40. The Labute approximate surface area is 165 Å². The highest BCUT2D eigenvalue weighted by Crippen LogP contribution is 2.18. The number of hydrogen-bond acceptors (Lipinski definition) is 5. The van der Waals surface area contributed by atoms with Crippen molar-refractivity contribution in [3.8, 4) is 0 Å². The van der Waals surface area contributed by atoms with Gasteiger partial charge in [-0.2, -0.15) is 0 Å². The van der Waals surface area contributed by atoms with Crippen molar-refractivity contribution in [3.63, 3.8) is 0 Å². The van der Waals surface area contributed by atoms with E-state index in [4.69, 9.17) is 0 Å². The van der Waals surface area contributed by atoms with E-state index in [1.807, 2.05) is 18.2 Å². The van der Waals surface area contributed by atoms with Crippen molar-refractivity contribution in [1.82, 2.24) is 10.2 Å². The first-order chi connectivity index (χ1) is 12.9. The molecule has 1 aromatic carbocycles. The fourth-order valence-corrected chi connectivity index (χ4v) is 5.93. The predicted molar refractivity (Wildman–Crippen MR) is 110 cm³/mol. The van der Waals surface area contributed by atoms with Crippen molar-refractivity contribution >= 4 is 27.1 Å². The molecule has 7 heteroatoms. The highest BCUT2D eigenvalue weighted by Gasteiger charge is 2.29. The number of rotatable bonds is 8. The van der Waals surface area contributed by atoms with E-state index in [9.17, 15) is 13.2 Å². The zero-order chi connectivity index (χ0) is 19.3. The van der Waals surface area contributed by atoms with Crippen LogP contribution >= 0.6 is 11.3 Å². The van der Waals surface area contributed by atoms with Crippen LogP contribution in [0.5, 0.6) is 0 Å². The maximum absolute atomic E-state index is 12.5. The molecule has 0 bridgehead atoms. The summed E-state index contributed by atoms with van der Waals surface area (Å²) in [7, 11) is -2.99. The largest absolute Gasteiger partial charge is 0.351 e. The van der Waals surface area contributed by atoms with Crippen LogP contribution in [-0.2, 0) is 27.6 Å². The van der Waals surface area contributed by atoms with Crippen LogP contribution in [0.25, 0.3) is 0 Å². The molecule has 3 rings (SSSR count). The van der Waals surface area contributed by atoms with Gasteiger partial charge in [0.2, 0.25) is 5.91 Å². The van der Waals surface area contributed by atoms with Crippen LogP contribution in [-0.4, -0.2) is 49.9 Å². The summed E-state index contributed by atoms with van der Waals surface area (Å²) >= 11 is 1.74. The van der Waals surface area contributed by atoms with E-state index in [0.717, 1.165) is 19.5 Å². The molecule has 1 aliphatic heterocycles. The van der Waals surface area contributed by atoms with Crippen LogP contribution < -0.4 is 5.32 Å². The van der Waals surface area contributed by atoms with Gasteiger partial charge in [0, 0.05) is 28.9 Å². The summed E-state index contributed by atoms with van der Waals surface area (Å²) in [5, 5.41) is 2.90. The summed E-state index contributed by atoms with van der Waals surface area (Å²) in [5.41, 5.74) is 1.24. The van der Waals surface area contributed by atoms with Gasteiger partial charge in [0.1, 0.15) is 0 Å². The average Bonchev–Trinajstić information content (AvgIpc) is 3.18. The van der Waals surface area contributed by atoms with Gasteiger partial charge in [-0.3, -0.25) is 9.69 Å². The average molecular weight is 407 g/mol. The smallest absolute Gasteiger partial charge is 0.234 e. The zero-order valence-electron chi connectivity index (χ0n) is 15.6. The van der Waals surface area contributed by atoms with Crippen molar-refractivity contribution < 1.29 is 13.2 Å². The van der Waals surface area contributed by atoms with Crippen molar-refractivity contribution in [2.75, 3.05) is 24.6 Å². The quantitative estimate of drug-likeness (QED) is 0.731. The fourth-order valence-electron chi connectivity index (χ4n) is 3.32. The van der Waals surface area contributed by atoms with Gasteiger partial charge in [-0.1, -0.05) is 30.3 Å². The van der Waals surface area contributed by atoms with Gasteiger partial charge in [-0.25, -0.2) is 8.42 Å². The Kier molecular flexibility index (Phi) is 6.68. The number of nitrogens with zero attached hydrogens (tertiary/aromatic N) is 1. The van der Waals surface area contributed by atoms with Crippen molar-refractivity contribution in [2.24, 2.45) is 0 Å². The van der Waals surface area contributed by atoms with Crippen molar-refractivity contribution in [1.29, 1.82) is 0 Å². The van der Waals surface area contributed by atoms with E-state index < -0.39 is 9.84 Å². The third kappa shape index (κ3) is 6.45. The third-order valence-corrected chi connectivity index (χ3v) is 7.45. The molecule has 146 valence electrons. The molecule has 1 aromatic heterocycles. The summed E-state index contributed by atoms with van der Waals surface area (Å²) < 4.78 is 23.2. The number of benzene rings is 1. The topological polar surface area (TPSA) is 66.5 Å². The van der Waals surface area contributed by atoms with Crippen LogP contribution in [0.4, 0.5) is 0 Å². The summed E-state index contributed by atoms with van der Waals surface area (Å²) in [6, 6.07) is 14.2. The first-order valence-corrected chi connectivity index (χ1v) is 11.8. The molecule has 0 aliphatic carbocycles. The molecule has 1 saturated heterocycles. The molecule has 2 heterocycles. The van der Waals surface area contributed by atoms with E-state index >= 15 is 0 Å². The molecule has 1 amide bonds. The Balaban J connectivity index is 1.58. The van der Waals surface area contributed by atoms with Crippen LogP contribution in [0.1, 0.15) is 21.7 Å². The second-order valence-electron chi connectivity index (χ2n) is 7.13. The Morgan fingerprint density at radius 1 is 1.22 bits per heavy atom. The molecule has 1 N–H and O–H groups in total. The molecule has 0 unspecified atom stereocenters. The van der Waals surface area contributed by atoms with E-state index in [1.54, 1.807) is 11.3 Å². The van der Waals surface area contributed by atoms with Crippen LogP contribution in [0, 0.1) is 6.92 Å². The molecular weight excluding hydrogens is 380 g/mol. The minimum atomic E-state index is -2.99. The maximum atomic E-state index is 12.5. The maximum Gasteiger partial charge on any atom is 0.234 e. The SMILES string of the molecule is Cc1ccc(CN(CCc2ccccc2)CC(=O)N[C@H]2CCS(=O)(=O)C2)s1. The normalized spacial score (nSPS) is 18.7. The summed E-state index contributed by atoms with van der Waals surface area (Å²) in [5.74, 6) is 0.134. The van der Waals surface area contributed by atoms with Crippen LogP contribution in [0.3, 0.4) is 0 Å². The van der Waals surface area contributed by atoms with Crippen molar-refractivity contribution in [2.45, 2.75) is 32.4 Å². The number of thiophene rings is 1. The van der Waals surface area contributed by atoms with Gasteiger partial charge < -0.3 is 5.32 Å². The molecule has 2 aromatic rings. The van der Waals surface area contributed by atoms with Gasteiger partial charge >= 0.3 is 0 Å². The Hall–Kier alpha value is -1.70. The van der Waals surface area contributed by atoms with Gasteiger partial charge in [-0.05, 0) is 37.5 Å². The molecule has 0 saturated carbocycles. The van der Waals surface area contributed by atoms with Gasteiger partial charge in [0.25, 0.3) is 0 Å². The minimum Gasteiger partial charge on any atom is -0.351 e. The molecule has 0 spiro atoms. The van der Waals surface area contributed by atoms with Gasteiger partial charge in [-0.15, -0.1) is 11.3 Å². The highest BCUT2D eigenvalue weighted by molar-refractivity contribution is 7.91. The third-order valence-electron chi connectivity index (χ3n) is 4.70. The lowest BCUT2D eigenvalue weighted by atomic mass is 10.1. The van der Waals surface area contributed by atoms with E-state index in [2.05, 4.69) is 41.4 Å². The monoisotopic (exact) mass is 406 g/mol. The summed E-state index contributed by atoms with van der Waals surface area (Å²) in [4.78, 5) is 17.1. The molecule has 5 nitrogen and oxygen atoms in total. The molecule has 1 aliphatic rings. The first kappa shape index (κ1) is 20.0. The summed E-state index contributed by atoms with van der Waals surface area (Å²) in [6.07, 6.45) is 1.39. The number of carbonyl (C=O) groups excluding carboxylic acids is 1. The number of aryl methyl sites for hydroxylation is 1. The lowest BCUT2D eigenvalue weighted by Crippen LogP contribution is -2.42. The molecule has 27 heavy (non-hydrogen) atoms. The molecular formula is C20H26N2O3S2. The lowest BCUT2D eigenvalue weighted by Gasteiger charge is -2.22. The number of sulfone groups is 1. The molecule has 1 atom stereocenters. The van der Waals surface area contributed by atoms with Crippen molar-refractivity contribution in [3.05, 3.63) is 57.8 Å². The van der Waals surface area contributed by atoms with Crippen LogP contribution in [0.15, 0.2) is 42.5 Å². The van der Waals surface area contributed by atoms with E-state index in [-0.39, 0.29) is 30.0 Å². The van der Waals surface area contributed by atoms with E-state index in [1.165, 1.54) is 15.3 Å². The van der Waals surface area contributed by atoms with E-state index in [0.29, 0.717) is 6.42 Å². The highest BCUT2D eigenvalue weighted by atomic mass is 32.2. The fraction of sp³-hybridized carbons (Fsp3) is 0.450. The number of amides is 1. The Morgan fingerprint density at radius 2 is 2.00 bits per heavy atom. The number of nitrogens with one attached hydrogen (secondary N) is 1. The Bertz CT molecular complexity index is 862. The van der Waals surface area contributed by atoms with Gasteiger partial charge in [0.15, 0.2) is 9.84 Å². The van der Waals surface area contributed by atoms with Gasteiger partial charge in [0.05, 0.1) is 18.1 Å². The molecule has 0 radical (unpaired) electrons. The lowest BCUT2D eigenvalue weighted by molar-refractivity contribution is -0.122. The Morgan fingerprint density at radius 3 is 2.63 bits per heavy atom. The summed E-state index contributed by atoms with van der Waals surface area (Å²) in [6.45, 7) is 3.86. The zero-order valence-corrected chi connectivity index (χ0v) is 17.2. The second-order valence-corrected chi connectivity index (χ2v) is 10.7. The number of hydrogen-bond donors (Lipinski definition) is 1. The minimum absolute atomic E-state index is 0.0624. The second kappa shape index (κ2) is 8.99.